The summed E-state index contributed by atoms with van der Waals surface area (Å²) in [5, 5.41) is 22.4. The van der Waals surface area contributed by atoms with Crippen molar-refractivity contribution in [3.05, 3.63) is 60.8 Å². The number of aryl methyl sites for hydroxylation is 1. The molecule has 5 rings (SSSR count). The summed E-state index contributed by atoms with van der Waals surface area (Å²) in [5.74, 6) is 0.639. The average Bonchev–Trinajstić information content (AvgIpc) is 3.52. The van der Waals surface area contributed by atoms with E-state index in [1.54, 1.807) is 47.1 Å². The molecule has 0 aromatic carbocycles. The number of nitrogens with one attached hydrogen (secondary N) is 1. The van der Waals surface area contributed by atoms with Crippen LogP contribution in [0.4, 0.5) is 11.6 Å². The van der Waals surface area contributed by atoms with Crippen molar-refractivity contribution in [2.24, 2.45) is 7.05 Å². The first-order valence-corrected chi connectivity index (χ1v) is 10.0. The maximum Gasteiger partial charge on any atom is 0.259 e. The van der Waals surface area contributed by atoms with Gasteiger partial charge in [0.05, 0.1) is 29.5 Å². The number of nitrogens with zero attached hydrogens (tertiary/aromatic N) is 8. The van der Waals surface area contributed by atoms with Crippen molar-refractivity contribution < 1.29 is 9.90 Å². The first-order chi connectivity index (χ1) is 15.4. The molecule has 1 aliphatic heterocycles. The lowest BCUT2D eigenvalue weighted by atomic mass is 9.95. The van der Waals surface area contributed by atoms with Gasteiger partial charge >= 0.3 is 0 Å². The third kappa shape index (κ3) is 3.48. The molecule has 4 aromatic rings. The maximum atomic E-state index is 12.4. The number of pyridine rings is 1. The van der Waals surface area contributed by atoms with E-state index in [0.29, 0.717) is 41.7 Å². The SMILES string of the molecule is CN1CC[C@@](O)(c2cnn(-c3cccc(-c4ccnc(Nc5cnn(C)c5)n4)n3)c2)C1=O. The number of rotatable bonds is 5. The molecule has 0 aliphatic carbocycles. The van der Waals surface area contributed by atoms with Crippen molar-refractivity contribution in [1.29, 1.82) is 0 Å². The Labute approximate surface area is 183 Å². The lowest BCUT2D eigenvalue weighted by Crippen LogP contribution is -2.35. The molecule has 0 unspecified atom stereocenters. The average molecular weight is 431 g/mol. The Bertz CT molecular complexity index is 1300. The maximum absolute atomic E-state index is 12.4. The van der Waals surface area contributed by atoms with Gasteiger partial charge in [-0.1, -0.05) is 6.07 Å². The van der Waals surface area contributed by atoms with Crippen molar-refractivity contribution in [3.63, 3.8) is 0 Å². The predicted octanol–water partition coefficient (Wildman–Crippen LogP) is 1.25. The van der Waals surface area contributed by atoms with Crippen LogP contribution in [0, 0.1) is 0 Å². The molecule has 11 heteroatoms. The molecular formula is C21H21N9O2. The van der Waals surface area contributed by atoms with E-state index >= 15 is 0 Å². The zero-order valence-corrected chi connectivity index (χ0v) is 17.5. The third-order valence-electron chi connectivity index (χ3n) is 5.42. The molecule has 1 atom stereocenters. The summed E-state index contributed by atoms with van der Waals surface area (Å²) in [4.78, 5) is 27.3. The molecule has 1 aliphatic rings. The van der Waals surface area contributed by atoms with Crippen LogP contribution in [-0.4, -0.2) is 64.0 Å². The normalized spacial score (nSPS) is 18.3. The number of likely N-dealkylation sites (N-methyl/N-ethyl adjacent to an activating group) is 1. The van der Waals surface area contributed by atoms with Gasteiger partial charge in [-0.3, -0.25) is 9.48 Å². The smallest absolute Gasteiger partial charge is 0.259 e. The quantitative estimate of drug-likeness (QED) is 0.483. The highest BCUT2D eigenvalue weighted by atomic mass is 16.3. The van der Waals surface area contributed by atoms with E-state index in [-0.39, 0.29) is 5.91 Å². The van der Waals surface area contributed by atoms with Crippen LogP contribution in [0.15, 0.2) is 55.2 Å². The largest absolute Gasteiger partial charge is 0.375 e. The minimum absolute atomic E-state index is 0.326. The van der Waals surface area contributed by atoms with Gasteiger partial charge in [0.1, 0.15) is 0 Å². The topological polar surface area (TPSA) is 127 Å². The highest BCUT2D eigenvalue weighted by molar-refractivity contribution is 5.88. The Balaban J connectivity index is 1.42. The first kappa shape index (κ1) is 19.8. The predicted molar refractivity (Wildman–Crippen MR) is 115 cm³/mol. The number of aromatic nitrogens is 7. The Morgan fingerprint density at radius 1 is 1.06 bits per heavy atom. The van der Waals surface area contributed by atoms with Gasteiger partial charge < -0.3 is 15.3 Å². The van der Waals surface area contributed by atoms with Crippen molar-refractivity contribution >= 4 is 17.5 Å². The van der Waals surface area contributed by atoms with E-state index < -0.39 is 5.60 Å². The highest BCUT2D eigenvalue weighted by Crippen LogP contribution is 2.32. The molecular weight excluding hydrogens is 410 g/mol. The lowest BCUT2D eigenvalue weighted by Gasteiger charge is -2.18. The standard InChI is InChI=1S/C21H21N9O2/c1-28-9-7-21(32,19(28)31)14-10-24-30(12-14)18-5-3-4-16(26-18)17-6-8-22-20(27-17)25-15-11-23-29(2)13-15/h3-6,8,10-13,32H,7,9H2,1-2H3,(H,22,25,27)/t21-/m1/s1. The number of hydrogen-bond donors (Lipinski definition) is 2. The number of aliphatic hydroxyl groups is 1. The highest BCUT2D eigenvalue weighted by Gasteiger charge is 2.46. The fourth-order valence-electron chi connectivity index (χ4n) is 3.65. The van der Waals surface area contributed by atoms with Crippen molar-refractivity contribution in [3.8, 4) is 17.2 Å². The Hall–Kier alpha value is -4.12. The van der Waals surface area contributed by atoms with Crippen molar-refractivity contribution in [2.45, 2.75) is 12.0 Å². The van der Waals surface area contributed by atoms with E-state index in [1.165, 1.54) is 11.1 Å². The van der Waals surface area contributed by atoms with Crippen LogP contribution < -0.4 is 5.32 Å². The number of hydrogen-bond acceptors (Lipinski definition) is 8. The summed E-state index contributed by atoms with van der Waals surface area (Å²) >= 11 is 0. The van der Waals surface area contributed by atoms with Crippen LogP contribution in [0.2, 0.25) is 0 Å². The number of anilines is 2. The van der Waals surface area contributed by atoms with Crippen LogP contribution in [0.5, 0.6) is 0 Å². The first-order valence-electron chi connectivity index (χ1n) is 10.0. The van der Waals surface area contributed by atoms with Crippen LogP contribution in [0.3, 0.4) is 0 Å². The number of likely N-dealkylation sites (tertiary alicyclic amines) is 1. The van der Waals surface area contributed by atoms with Gasteiger partial charge in [-0.25, -0.2) is 19.6 Å². The van der Waals surface area contributed by atoms with Crippen molar-refractivity contribution in [2.75, 3.05) is 18.9 Å². The summed E-state index contributed by atoms with van der Waals surface area (Å²) in [5.41, 5.74) is 0.937. The second-order valence-electron chi connectivity index (χ2n) is 7.68. The van der Waals surface area contributed by atoms with Gasteiger partial charge in [-0.2, -0.15) is 10.2 Å². The number of amides is 1. The molecule has 2 N–H and O–H groups in total. The van der Waals surface area contributed by atoms with E-state index in [0.717, 1.165) is 5.69 Å². The van der Waals surface area contributed by atoms with Gasteiger partial charge in [0.25, 0.3) is 5.91 Å². The Morgan fingerprint density at radius 2 is 1.91 bits per heavy atom. The second-order valence-corrected chi connectivity index (χ2v) is 7.68. The van der Waals surface area contributed by atoms with Gasteiger partial charge in [0.2, 0.25) is 5.95 Å². The monoisotopic (exact) mass is 431 g/mol. The minimum atomic E-state index is -1.55. The van der Waals surface area contributed by atoms with Crippen LogP contribution in [0.25, 0.3) is 17.2 Å². The van der Waals surface area contributed by atoms with Gasteiger partial charge in [-0.05, 0) is 18.2 Å². The molecule has 0 spiro atoms. The zero-order valence-electron chi connectivity index (χ0n) is 17.5. The fraction of sp³-hybridized carbons (Fsp3) is 0.238. The van der Waals surface area contributed by atoms with Gasteiger partial charge in [0, 0.05) is 51.2 Å². The fourth-order valence-corrected chi connectivity index (χ4v) is 3.65. The number of carbonyl (C=O) groups excluding carboxylic acids is 1. The van der Waals surface area contributed by atoms with E-state index in [4.69, 9.17) is 0 Å². The summed E-state index contributed by atoms with van der Waals surface area (Å²) in [7, 11) is 3.51. The molecule has 1 fully saturated rings. The third-order valence-corrected chi connectivity index (χ3v) is 5.42. The molecule has 11 nitrogen and oxygen atoms in total. The van der Waals surface area contributed by atoms with Crippen molar-refractivity contribution in [1.82, 2.24) is 39.4 Å². The Kier molecular flexibility index (Phi) is 4.67. The van der Waals surface area contributed by atoms with Crippen LogP contribution in [0.1, 0.15) is 12.0 Å². The van der Waals surface area contributed by atoms with Crippen LogP contribution in [-0.2, 0) is 17.4 Å². The molecule has 4 aromatic heterocycles. The summed E-state index contributed by atoms with van der Waals surface area (Å²) < 4.78 is 3.22. The van der Waals surface area contributed by atoms with E-state index in [9.17, 15) is 9.90 Å². The lowest BCUT2D eigenvalue weighted by molar-refractivity contribution is -0.143. The van der Waals surface area contributed by atoms with Gasteiger partial charge in [-0.15, -0.1) is 0 Å². The Morgan fingerprint density at radius 3 is 2.66 bits per heavy atom. The second kappa shape index (κ2) is 7.54. The summed E-state index contributed by atoms with van der Waals surface area (Å²) in [6.07, 6.45) is 8.63. The summed E-state index contributed by atoms with van der Waals surface area (Å²) in [6.45, 7) is 0.497. The van der Waals surface area contributed by atoms with E-state index in [2.05, 4.69) is 30.5 Å². The molecule has 1 amide bonds. The van der Waals surface area contributed by atoms with Crippen LogP contribution >= 0.6 is 0 Å². The molecule has 0 saturated carbocycles. The molecule has 162 valence electrons. The molecule has 32 heavy (non-hydrogen) atoms. The number of carbonyl (C=O) groups is 1. The molecule has 0 radical (unpaired) electrons. The molecule has 0 bridgehead atoms. The summed E-state index contributed by atoms with van der Waals surface area (Å²) in [6, 6.07) is 7.25. The van der Waals surface area contributed by atoms with E-state index in [1.807, 2.05) is 25.4 Å². The zero-order chi connectivity index (χ0) is 22.3. The minimum Gasteiger partial charge on any atom is -0.375 e. The molecule has 5 heterocycles. The molecule has 1 saturated heterocycles. The van der Waals surface area contributed by atoms with Gasteiger partial charge in [0.15, 0.2) is 11.4 Å².